The average Bonchev–Trinajstić information content (AvgIpc) is 2.17. The number of allylic oxidation sites excluding steroid dienone is 1. The predicted molar refractivity (Wildman–Crippen MR) is 57.7 cm³/mol. The molecule has 0 heterocycles. The lowest BCUT2D eigenvalue weighted by Gasteiger charge is -1.91. The van der Waals surface area contributed by atoms with Crippen LogP contribution < -0.4 is 0 Å². The Bertz CT molecular complexity index is 230. The van der Waals surface area contributed by atoms with E-state index in [-0.39, 0.29) is 5.97 Å². The minimum absolute atomic E-state index is 0.324. The fourth-order valence-corrected chi connectivity index (χ4v) is 0.895. The van der Waals surface area contributed by atoms with Crippen LogP contribution in [0.5, 0.6) is 0 Å². The van der Waals surface area contributed by atoms with Crippen molar-refractivity contribution >= 4 is 5.97 Å². The monoisotopic (exact) mass is 194 g/mol. The van der Waals surface area contributed by atoms with E-state index in [1.165, 1.54) is 18.9 Å². The van der Waals surface area contributed by atoms with Crippen LogP contribution in [0.4, 0.5) is 0 Å². The Labute approximate surface area is 86.3 Å². The van der Waals surface area contributed by atoms with Crippen molar-refractivity contribution in [1.29, 1.82) is 0 Å². The zero-order chi connectivity index (χ0) is 10.6. The molecule has 14 heavy (non-hydrogen) atoms. The van der Waals surface area contributed by atoms with Crippen LogP contribution in [0.15, 0.2) is 12.2 Å². The van der Waals surface area contributed by atoms with Crippen LogP contribution in [0.3, 0.4) is 0 Å². The van der Waals surface area contributed by atoms with Gasteiger partial charge in [-0.15, -0.1) is 0 Å². The molecule has 0 rings (SSSR count). The molecule has 78 valence electrons. The molecule has 2 heteroatoms. The van der Waals surface area contributed by atoms with E-state index in [9.17, 15) is 4.79 Å². The highest BCUT2D eigenvalue weighted by atomic mass is 16.5. The molecule has 0 aliphatic rings. The predicted octanol–water partition coefficient (Wildman–Crippen LogP) is 2.69. The quantitative estimate of drug-likeness (QED) is 0.291. The fourth-order valence-electron chi connectivity index (χ4n) is 0.895. The lowest BCUT2D eigenvalue weighted by atomic mass is 10.2. The third-order valence-electron chi connectivity index (χ3n) is 1.60. The normalized spacial score (nSPS) is 9.57. The molecule has 0 aromatic heterocycles. The van der Waals surface area contributed by atoms with E-state index >= 15 is 0 Å². The molecule has 2 nitrogen and oxygen atoms in total. The van der Waals surface area contributed by atoms with Gasteiger partial charge >= 0.3 is 5.97 Å². The van der Waals surface area contributed by atoms with Gasteiger partial charge in [0.25, 0.3) is 0 Å². The Morgan fingerprint density at radius 1 is 1.36 bits per heavy atom. The number of esters is 1. The molecule has 0 aliphatic heterocycles. The SMILES string of the molecule is CCCCCC#C/C=C/C(=O)OCC. The summed E-state index contributed by atoms with van der Waals surface area (Å²) >= 11 is 0. The molecule has 0 saturated carbocycles. The second kappa shape index (κ2) is 9.85. The molecule has 0 unspecified atom stereocenters. The summed E-state index contributed by atoms with van der Waals surface area (Å²) in [5.74, 6) is 5.45. The zero-order valence-electron chi connectivity index (χ0n) is 9.01. The number of hydrogen-bond acceptors (Lipinski definition) is 2. The first-order valence-electron chi connectivity index (χ1n) is 5.13. The number of hydrogen-bond donors (Lipinski definition) is 0. The molecule has 0 atom stereocenters. The van der Waals surface area contributed by atoms with E-state index in [4.69, 9.17) is 4.74 Å². The summed E-state index contributed by atoms with van der Waals surface area (Å²) < 4.78 is 4.69. The van der Waals surface area contributed by atoms with E-state index in [2.05, 4.69) is 18.8 Å². The maximum Gasteiger partial charge on any atom is 0.331 e. The number of carbonyl (C=O) groups excluding carboxylic acids is 1. The second-order valence-electron chi connectivity index (χ2n) is 2.86. The molecule has 0 amide bonds. The maximum absolute atomic E-state index is 10.8. The van der Waals surface area contributed by atoms with Crippen molar-refractivity contribution in [1.82, 2.24) is 0 Å². The van der Waals surface area contributed by atoms with Gasteiger partial charge in [-0.3, -0.25) is 0 Å². The number of carbonyl (C=O) groups is 1. The molecule has 0 N–H and O–H groups in total. The summed E-state index contributed by atoms with van der Waals surface area (Å²) in [7, 11) is 0. The first-order chi connectivity index (χ1) is 6.81. The van der Waals surface area contributed by atoms with Gasteiger partial charge in [0.2, 0.25) is 0 Å². The molecule has 0 aromatic carbocycles. The van der Waals surface area contributed by atoms with Gasteiger partial charge in [0.1, 0.15) is 0 Å². The van der Waals surface area contributed by atoms with E-state index in [0.29, 0.717) is 6.61 Å². The Kier molecular flexibility index (Phi) is 8.99. The van der Waals surface area contributed by atoms with Crippen LogP contribution in [0.2, 0.25) is 0 Å². The van der Waals surface area contributed by atoms with Gasteiger partial charge in [0.15, 0.2) is 0 Å². The van der Waals surface area contributed by atoms with Crippen molar-refractivity contribution in [2.24, 2.45) is 0 Å². The van der Waals surface area contributed by atoms with Crippen molar-refractivity contribution < 1.29 is 9.53 Å². The van der Waals surface area contributed by atoms with Crippen LogP contribution in [0.25, 0.3) is 0 Å². The summed E-state index contributed by atoms with van der Waals surface area (Å²) in [6.45, 7) is 4.35. The van der Waals surface area contributed by atoms with Gasteiger partial charge < -0.3 is 4.74 Å². The lowest BCUT2D eigenvalue weighted by molar-refractivity contribution is -0.137. The minimum Gasteiger partial charge on any atom is -0.463 e. The molecule has 0 spiro atoms. The molecular weight excluding hydrogens is 176 g/mol. The standard InChI is InChI=1S/C12H18O2/c1-3-5-6-7-8-9-10-11-12(13)14-4-2/h10-11H,3-7H2,1-2H3/b11-10+. The van der Waals surface area contributed by atoms with Crippen LogP contribution >= 0.6 is 0 Å². The van der Waals surface area contributed by atoms with Crippen molar-refractivity contribution in [2.45, 2.75) is 39.5 Å². The zero-order valence-corrected chi connectivity index (χ0v) is 9.01. The second-order valence-corrected chi connectivity index (χ2v) is 2.86. The summed E-state index contributed by atoms with van der Waals surface area (Å²) in [4.78, 5) is 10.8. The molecule has 0 saturated heterocycles. The van der Waals surface area contributed by atoms with E-state index in [0.717, 1.165) is 12.8 Å². The van der Waals surface area contributed by atoms with Gasteiger partial charge in [-0.25, -0.2) is 4.79 Å². The van der Waals surface area contributed by atoms with Crippen molar-refractivity contribution in [3.63, 3.8) is 0 Å². The molecular formula is C12H18O2. The smallest absolute Gasteiger partial charge is 0.331 e. The highest BCUT2D eigenvalue weighted by Gasteiger charge is 1.89. The Morgan fingerprint density at radius 2 is 2.14 bits per heavy atom. The summed E-state index contributed by atoms with van der Waals surface area (Å²) in [6.07, 6.45) is 7.37. The topological polar surface area (TPSA) is 26.3 Å². The first kappa shape index (κ1) is 12.8. The largest absolute Gasteiger partial charge is 0.463 e. The summed E-state index contributed by atoms with van der Waals surface area (Å²) in [5, 5.41) is 0. The minimum atomic E-state index is -0.324. The molecule has 0 aliphatic carbocycles. The summed E-state index contributed by atoms with van der Waals surface area (Å²) in [6, 6.07) is 0. The van der Waals surface area contributed by atoms with Crippen LogP contribution in [0, 0.1) is 11.8 Å². The molecule has 0 bridgehead atoms. The lowest BCUT2D eigenvalue weighted by Crippen LogP contribution is -1.98. The first-order valence-corrected chi connectivity index (χ1v) is 5.13. The van der Waals surface area contributed by atoms with Gasteiger partial charge in [-0.2, -0.15) is 0 Å². The van der Waals surface area contributed by atoms with Gasteiger partial charge in [0, 0.05) is 12.5 Å². The van der Waals surface area contributed by atoms with Crippen molar-refractivity contribution in [3.05, 3.63) is 12.2 Å². The van der Waals surface area contributed by atoms with Crippen LogP contribution in [-0.4, -0.2) is 12.6 Å². The van der Waals surface area contributed by atoms with Gasteiger partial charge in [-0.1, -0.05) is 31.6 Å². The highest BCUT2D eigenvalue weighted by molar-refractivity contribution is 5.82. The highest BCUT2D eigenvalue weighted by Crippen LogP contribution is 1.96. The third kappa shape index (κ3) is 8.86. The number of rotatable bonds is 5. The fraction of sp³-hybridized carbons (Fsp3) is 0.583. The average molecular weight is 194 g/mol. The Morgan fingerprint density at radius 3 is 2.79 bits per heavy atom. The third-order valence-corrected chi connectivity index (χ3v) is 1.60. The van der Waals surface area contributed by atoms with Crippen molar-refractivity contribution in [2.75, 3.05) is 6.61 Å². The Hall–Kier alpha value is -1.23. The Balaban J connectivity index is 3.53. The van der Waals surface area contributed by atoms with E-state index in [1.807, 2.05) is 0 Å². The van der Waals surface area contributed by atoms with Crippen LogP contribution in [-0.2, 0) is 9.53 Å². The molecule has 0 radical (unpaired) electrons. The van der Waals surface area contributed by atoms with Crippen LogP contribution in [0.1, 0.15) is 39.5 Å². The molecule has 0 aromatic rings. The molecule has 0 fully saturated rings. The number of unbranched alkanes of at least 4 members (excludes halogenated alkanes) is 3. The number of ether oxygens (including phenoxy) is 1. The van der Waals surface area contributed by atoms with E-state index in [1.54, 1.807) is 13.0 Å². The maximum atomic E-state index is 10.8. The van der Waals surface area contributed by atoms with Crippen molar-refractivity contribution in [3.8, 4) is 11.8 Å². The van der Waals surface area contributed by atoms with Gasteiger partial charge in [-0.05, 0) is 19.4 Å². The van der Waals surface area contributed by atoms with Gasteiger partial charge in [0.05, 0.1) is 6.61 Å². The van der Waals surface area contributed by atoms with E-state index < -0.39 is 0 Å². The summed E-state index contributed by atoms with van der Waals surface area (Å²) in [5.41, 5.74) is 0.